The lowest BCUT2D eigenvalue weighted by atomic mass is 10.0. The van der Waals surface area contributed by atoms with Crippen molar-refractivity contribution >= 4 is 23.4 Å². The van der Waals surface area contributed by atoms with Gasteiger partial charge in [0.2, 0.25) is 11.8 Å². The lowest BCUT2D eigenvalue weighted by Gasteiger charge is -2.31. The van der Waals surface area contributed by atoms with Gasteiger partial charge in [0.1, 0.15) is 11.8 Å². The van der Waals surface area contributed by atoms with E-state index in [4.69, 9.17) is 16.3 Å². The average molecular weight is 507 g/mol. The molecular weight excluding hydrogens is 472 g/mol. The zero-order valence-corrected chi connectivity index (χ0v) is 21.8. The Morgan fingerprint density at radius 2 is 1.69 bits per heavy atom. The molecule has 5 nitrogen and oxygen atoms in total. The summed E-state index contributed by atoms with van der Waals surface area (Å²) in [6, 6.07) is 24.5. The molecule has 0 aliphatic rings. The normalized spacial score (nSPS) is 11.5. The molecule has 1 N–H and O–H groups in total. The number of carbonyl (C=O) groups is 2. The molecule has 0 fully saturated rings. The van der Waals surface area contributed by atoms with Crippen molar-refractivity contribution in [3.8, 4) is 5.75 Å². The van der Waals surface area contributed by atoms with Gasteiger partial charge in [-0.1, -0.05) is 78.7 Å². The molecule has 0 spiro atoms. The second-order valence-corrected chi connectivity index (χ2v) is 9.35. The van der Waals surface area contributed by atoms with Crippen LogP contribution in [0.25, 0.3) is 0 Å². The molecule has 0 aromatic heterocycles. The fourth-order valence-corrected chi connectivity index (χ4v) is 4.14. The van der Waals surface area contributed by atoms with Crippen LogP contribution in [0.15, 0.2) is 78.9 Å². The van der Waals surface area contributed by atoms with Gasteiger partial charge in [0.05, 0.1) is 6.61 Å². The Bertz CT molecular complexity index is 1100. The highest BCUT2D eigenvalue weighted by molar-refractivity contribution is 6.30. The van der Waals surface area contributed by atoms with Crippen LogP contribution in [-0.4, -0.2) is 35.9 Å². The predicted octanol–water partition coefficient (Wildman–Crippen LogP) is 5.97. The van der Waals surface area contributed by atoms with E-state index in [0.29, 0.717) is 43.3 Å². The van der Waals surface area contributed by atoms with Crippen molar-refractivity contribution < 1.29 is 14.3 Å². The third-order valence-corrected chi connectivity index (χ3v) is 6.13. The smallest absolute Gasteiger partial charge is 0.243 e. The van der Waals surface area contributed by atoms with Gasteiger partial charge in [0.25, 0.3) is 0 Å². The topological polar surface area (TPSA) is 58.6 Å². The van der Waals surface area contributed by atoms with Crippen LogP contribution < -0.4 is 10.1 Å². The van der Waals surface area contributed by atoms with Gasteiger partial charge in [-0.15, -0.1) is 0 Å². The number of rotatable bonds is 13. The average Bonchev–Trinajstić information content (AvgIpc) is 2.88. The summed E-state index contributed by atoms with van der Waals surface area (Å²) in [7, 11) is 0. The van der Waals surface area contributed by atoms with E-state index in [0.717, 1.165) is 23.1 Å². The van der Waals surface area contributed by atoms with E-state index >= 15 is 0 Å². The number of amides is 2. The highest BCUT2D eigenvalue weighted by atomic mass is 35.5. The molecule has 190 valence electrons. The van der Waals surface area contributed by atoms with Crippen LogP contribution in [0.1, 0.15) is 42.9 Å². The lowest BCUT2D eigenvalue weighted by molar-refractivity contribution is -0.141. The van der Waals surface area contributed by atoms with Crippen molar-refractivity contribution in [3.05, 3.63) is 101 Å². The number of nitrogens with zero attached hydrogens (tertiary/aromatic N) is 1. The van der Waals surface area contributed by atoms with Crippen LogP contribution in [-0.2, 0) is 22.6 Å². The number of aryl methyl sites for hydroxylation is 1. The van der Waals surface area contributed by atoms with Gasteiger partial charge in [-0.2, -0.15) is 0 Å². The standard InChI is InChI=1S/C30H35ClN2O3/c1-3-18-32-30(35)28(21-24-10-5-4-6-11-24)33(22-25-12-7-9-23(2)20-25)29(34)13-8-19-36-27-16-14-26(31)15-17-27/h4-7,9-12,14-17,20,28H,3,8,13,18-19,21-22H2,1-2H3,(H,32,35)/t28-/m0/s1. The van der Waals surface area contributed by atoms with Crippen LogP contribution in [0.2, 0.25) is 5.02 Å². The SMILES string of the molecule is CCCNC(=O)[C@H](Cc1ccccc1)N(Cc1cccc(C)c1)C(=O)CCCOc1ccc(Cl)cc1. The first-order valence-corrected chi connectivity index (χ1v) is 12.9. The molecule has 2 amide bonds. The van der Waals surface area contributed by atoms with Crippen LogP contribution in [0, 0.1) is 6.92 Å². The first-order chi connectivity index (χ1) is 17.5. The molecular formula is C30H35ClN2O3. The fraction of sp³-hybridized carbons (Fsp3) is 0.333. The fourth-order valence-electron chi connectivity index (χ4n) is 4.02. The van der Waals surface area contributed by atoms with Crippen molar-refractivity contribution in [2.45, 2.75) is 52.1 Å². The maximum atomic E-state index is 13.6. The highest BCUT2D eigenvalue weighted by Crippen LogP contribution is 2.18. The van der Waals surface area contributed by atoms with Crippen molar-refractivity contribution in [1.82, 2.24) is 10.2 Å². The number of hydrogen-bond acceptors (Lipinski definition) is 3. The number of ether oxygens (including phenoxy) is 1. The molecule has 6 heteroatoms. The molecule has 0 aliphatic carbocycles. The van der Waals surface area contributed by atoms with E-state index in [1.165, 1.54) is 0 Å². The van der Waals surface area contributed by atoms with E-state index in [9.17, 15) is 9.59 Å². The first kappa shape index (κ1) is 27.3. The minimum absolute atomic E-state index is 0.0659. The Morgan fingerprint density at radius 3 is 2.39 bits per heavy atom. The van der Waals surface area contributed by atoms with Crippen molar-refractivity contribution in [2.24, 2.45) is 0 Å². The Balaban J connectivity index is 1.77. The van der Waals surface area contributed by atoms with Gasteiger partial charge in [-0.25, -0.2) is 0 Å². The molecule has 0 radical (unpaired) electrons. The summed E-state index contributed by atoms with van der Waals surface area (Å²) in [5, 5.41) is 3.66. The highest BCUT2D eigenvalue weighted by Gasteiger charge is 2.30. The number of halogens is 1. The van der Waals surface area contributed by atoms with Crippen molar-refractivity contribution in [3.63, 3.8) is 0 Å². The van der Waals surface area contributed by atoms with Crippen LogP contribution in [0.3, 0.4) is 0 Å². The molecule has 36 heavy (non-hydrogen) atoms. The molecule has 0 saturated heterocycles. The molecule has 0 aliphatic heterocycles. The molecule has 3 aromatic carbocycles. The third kappa shape index (κ3) is 8.72. The summed E-state index contributed by atoms with van der Waals surface area (Å²) in [6.07, 6.45) is 2.11. The minimum Gasteiger partial charge on any atom is -0.494 e. The second-order valence-electron chi connectivity index (χ2n) is 8.91. The monoisotopic (exact) mass is 506 g/mol. The van der Waals surface area contributed by atoms with Gasteiger partial charge in [0, 0.05) is 31.0 Å². The summed E-state index contributed by atoms with van der Waals surface area (Å²) in [4.78, 5) is 28.6. The maximum Gasteiger partial charge on any atom is 0.243 e. The van der Waals surface area contributed by atoms with Crippen LogP contribution in [0.5, 0.6) is 5.75 Å². The van der Waals surface area contributed by atoms with Gasteiger partial charge in [-0.3, -0.25) is 9.59 Å². The van der Waals surface area contributed by atoms with Gasteiger partial charge in [-0.05, 0) is 55.2 Å². The van der Waals surface area contributed by atoms with Crippen molar-refractivity contribution in [2.75, 3.05) is 13.2 Å². The zero-order chi connectivity index (χ0) is 25.8. The summed E-state index contributed by atoms with van der Waals surface area (Å²) in [6.45, 7) is 5.39. The van der Waals surface area contributed by atoms with E-state index in [2.05, 4.69) is 11.4 Å². The summed E-state index contributed by atoms with van der Waals surface area (Å²) < 4.78 is 5.77. The number of hydrogen-bond donors (Lipinski definition) is 1. The predicted molar refractivity (Wildman–Crippen MR) is 145 cm³/mol. The molecule has 0 unspecified atom stereocenters. The van der Waals surface area contributed by atoms with Gasteiger partial charge >= 0.3 is 0 Å². The Kier molecular flexibility index (Phi) is 10.8. The van der Waals surface area contributed by atoms with E-state index in [-0.39, 0.29) is 18.2 Å². The third-order valence-electron chi connectivity index (χ3n) is 5.87. The Labute approximate surface area is 219 Å². The van der Waals surface area contributed by atoms with E-state index in [1.807, 2.05) is 74.5 Å². The van der Waals surface area contributed by atoms with Gasteiger partial charge in [0.15, 0.2) is 0 Å². The molecule has 1 atom stereocenters. The van der Waals surface area contributed by atoms with E-state index < -0.39 is 6.04 Å². The largest absolute Gasteiger partial charge is 0.494 e. The molecule has 0 saturated carbocycles. The Hall–Kier alpha value is -3.31. The number of nitrogens with one attached hydrogen (secondary N) is 1. The quantitative estimate of drug-likeness (QED) is 0.290. The summed E-state index contributed by atoms with van der Waals surface area (Å²) in [5.74, 6) is 0.521. The van der Waals surface area contributed by atoms with Crippen LogP contribution in [0.4, 0.5) is 0 Å². The Morgan fingerprint density at radius 1 is 0.972 bits per heavy atom. The number of carbonyl (C=O) groups excluding carboxylic acids is 2. The zero-order valence-electron chi connectivity index (χ0n) is 21.1. The molecule has 3 rings (SSSR count). The summed E-state index contributed by atoms with van der Waals surface area (Å²) in [5.41, 5.74) is 3.13. The minimum atomic E-state index is -0.607. The van der Waals surface area contributed by atoms with Crippen LogP contribution >= 0.6 is 11.6 Å². The first-order valence-electron chi connectivity index (χ1n) is 12.5. The molecule has 0 bridgehead atoms. The molecule has 3 aromatic rings. The summed E-state index contributed by atoms with van der Waals surface area (Å²) >= 11 is 5.93. The lowest BCUT2D eigenvalue weighted by Crippen LogP contribution is -2.50. The van der Waals surface area contributed by atoms with Gasteiger partial charge < -0.3 is 15.0 Å². The maximum absolute atomic E-state index is 13.6. The second kappa shape index (κ2) is 14.3. The number of benzene rings is 3. The van der Waals surface area contributed by atoms with Crippen molar-refractivity contribution in [1.29, 1.82) is 0 Å². The molecule has 0 heterocycles. The van der Waals surface area contributed by atoms with E-state index in [1.54, 1.807) is 17.0 Å².